The van der Waals surface area contributed by atoms with Crippen LogP contribution in [0, 0.1) is 5.41 Å². The second-order valence-electron chi connectivity index (χ2n) is 1.89. The van der Waals surface area contributed by atoms with E-state index in [0.29, 0.717) is 12.1 Å². The highest BCUT2D eigenvalue weighted by Crippen LogP contribution is 2.04. The molecule has 3 heteroatoms. The Balaban J connectivity index is 3.17. The quantitative estimate of drug-likeness (QED) is 0.572. The van der Waals surface area contributed by atoms with E-state index in [1.165, 1.54) is 0 Å². The second-order valence-corrected chi connectivity index (χ2v) is 1.89. The van der Waals surface area contributed by atoms with Crippen LogP contribution in [0.5, 0.6) is 0 Å². The van der Waals surface area contributed by atoms with E-state index < -0.39 is 6.43 Å². The van der Waals surface area contributed by atoms with E-state index in [-0.39, 0.29) is 12.8 Å². The number of alkyl halides is 2. The molecule has 0 aliphatic rings. The lowest BCUT2D eigenvalue weighted by Crippen LogP contribution is -1.98. The molecule has 0 saturated carbocycles. The van der Waals surface area contributed by atoms with Gasteiger partial charge in [0.2, 0.25) is 6.43 Å². The van der Waals surface area contributed by atoms with Crippen molar-refractivity contribution in [2.24, 2.45) is 0 Å². The van der Waals surface area contributed by atoms with Gasteiger partial charge in [-0.15, -0.1) is 0 Å². The van der Waals surface area contributed by atoms with Gasteiger partial charge < -0.3 is 5.41 Å². The lowest BCUT2D eigenvalue weighted by molar-refractivity contribution is 0.140. The van der Waals surface area contributed by atoms with Gasteiger partial charge in [-0.05, 0) is 12.8 Å². The fourth-order valence-electron chi connectivity index (χ4n) is 0.460. The van der Waals surface area contributed by atoms with Crippen LogP contribution in [-0.2, 0) is 0 Å². The summed E-state index contributed by atoms with van der Waals surface area (Å²) >= 11 is 0. The third-order valence-electron chi connectivity index (χ3n) is 1.09. The van der Waals surface area contributed by atoms with Crippen molar-refractivity contribution in [1.29, 1.82) is 5.41 Å². The molecule has 1 nitrogen and oxygen atoms in total. The molecule has 0 fully saturated rings. The minimum Gasteiger partial charge on any atom is -0.310 e. The Bertz CT molecular complexity index is 91.1. The molecule has 54 valence electrons. The summed E-state index contributed by atoms with van der Waals surface area (Å²) in [6.45, 7) is 1.80. The molecule has 0 aliphatic heterocycles. The maximum absolute atomic E-state index is 11.4. The zero-order valence-electron chi connectivity index (χ0n) is 5.45. The summed E-state index contributed by atoms with van der Waals surface area (Å²) in [4.78, 5) is 0. The molecule has 0 atom stereocenters. The normalized spacial score (nSPS) is 10.2. The van der Waals surface area contributed by atoms with Crippen LogP contribution in [0.3, 0.4) is 0 Å². The highest BCUT2D eigenvalue weighted by Gasteiger charge is 2.02. The Labute approximate surface area is 53.6 Å². The first kappa shape index (κ1) is 8.53. The molecule has 1 N–H and O–H groups in total. The van der Waals surface area contributed by atoms with Crippen molar-refractivity contribution in [2.75, 3.05) is 0 Å². The van der Waals surface area contributed by atoms with Gasteiger partial charge in [-0.3, -0.25) is 0 Å². The van der Waals surface area contributed by atoms with Gasteiger partial charge in [0.05, 0.1) is 0 Å². The zero-order valence-corrected chi connectivity index (χ0v) is 5.45. The Morgan fingerprint density at radius 1 is 1.56 bits per heavy atom. The average molecular weight is 135 g/mol. The van der Waals surface area contributed by atoms with Gasteiger partial charge in [-0.25, -0.2) is 8.78 Å². The fraction of sp³-hybridized carbons (Fsp3) is 0.833. The molecule has 0 bridgehead atoms. The van der Waals surface area contributed by atoms with Crippen molar-refractivity contribution >= 4 is 5.71 Å². The number of nitrogens with one attached hydrogen (secondary N) is 1. The van der Waals surface area contributed by atoms with Crippen LogP contribution < -0.4 is 0 Å². The summed E-state index contributed by atoms with van der Waals surface area (Å²) < 4.78 is 22.9. The Kier molecular flexibility index (Phi) is 4.18. The third-order valence-corrected chi connectivity index (χ3v) is 1.09. The van der Waals surface area contributed by atoms with Gasteiger partial charge >= 0.3 is 0 Å². The standard InChI is InChI=1S/C6H11F2N/c1-2-5(9)3-4-6(7)8/h6,9H,2-4H2,1H3. The van der Waals surface area contributed by atoms with Gasteiger partial charge in [0.1, 0.15) is 0 Å². The van der Waals surface area contributed by atoms with Gasteiger partial charge in [0.25, 0.3) is 0 Å². The lowest BCUT2D eigenvalue weighted by atomic mass is 10.2. The predicted molar refractivity (Wildman–Crippen MR) is 33.3 cm³/mol. The minimum atomic E-state index is -2.25. The molecule has 0 aromatic heterocycles. The molecule has 0 heterocycles. The van der Waals surface area contributed by atoms with Crippen LogP contribution in [0.1, 0.15) is 26.2 Å². The van der Waals surface area contributed by atoms with Crippen LogP contribution in [-0.4, -0.2) is 12.1 Å². The Hall–Kier alpha value is -0.470. The SMILES string of the molecule is CCC(=N)CCC(F)F. The largest absolute Gasteiger partial charge is 0.310 e. The van der Waals surface area contributed by atoms with E-state index in [1.54, 1.807) is 6.92 Å². The lowest BCUT2D eigenvalue weighted by Gasteiger charge is -1.97. The van der Waals surface area contributed by atoms with E-state index in [2.05, 4.69) is 0 Å². The highest BCUT2D eigenvalue weighted by atomic mass is 19.3. The molecule has 0 aliphatic carbocycles. The van der Waals surface area contributed by atoms with Gasteiger partial charge in [-0.1, -0.05) is 6.92 Å². The van der Waals surface area contributed by atoms with E-state index in [1.807, 2.05) is 0 Å². The maximum atomic E-state index is 11.4. The summed E-state index contributed by atoms with van der Waals surface area (Å²) in [5, 5.41) is 7.00. The number of hydrogen-bond donors (Lipinski definition) is 1. The molecule has 9 heavy (non-hydrogen) atoms. The van der Waals surface area contributed by atoms with Gasteiger partial charge in [0, 0.05) is 12.1 Å². The first-order valence-corrected chi connectivity index (χ1v) is 3.01. The molecular formula is C6H11F2N. The van der Waals surface area contributed by atoms with Crippen LogP contribution in [0.25, 0.3) is 0 Å². The van der Waals surface area contributed by atoms with Crippen LogP contribution >= 0.6 is 0 Å². The van der Waals surface area contributed by atoms with Crippen molar-refractivity contribution in [2.45, 2.75) is 32.6 Å². The van der Waals surface area contributed by atoms with Crippen LogP contribution in [0.15, 0.2) is 0 Å². The fourth-order valence-corrected chi connectivity index (χ4v) is 0.460. The van der Waals surface area contributed by atoms with Crippen molar-refractivity contribution in [3.63, 3.8) is 0 Å². The topological polar surface area (TPSA) is 23.9 Å². The minimum absolute atomic E-state index is 0.160. The summed E-state index contributed by atoms with van der Waals surface area (Å²) in [5.74, 6) is 0. The van der Waals surface area contributed by atoms with Crippen molar-refractivity contribution in [3.05, 3.63) is 0 Å². The number of hydrogen-bond acceptors (Lipinski definition) is 1. The van der Waals surface area contributed by atoms with Gasteiger partial charge in [-0.2, -0.15) is 0 Å². The first-order chi connectivity index (χ1) is 4.16. The molecule has 0 unspecified atom stereocenters. The van der Waals surface area contributed by atoms with E-state index in [9.17, 15) is 8.78 Å². The third kappa shape index (κ3) is 5.40. The molecule has 0 aromatic rings. The monoisotopic (exact) mass is 135 g/mol. The Morgan fingerprint density at radius 2 is 2.11 bits per heavy atom. The highest BCUT2D eigenvalue weighted by molar-refractivity contribution is 5.80. The van der Waals surface area contributed by atoms with E-state index in [4.69, 9.17) is 5.41 Å². The summed E-state index contributed by atoms with van der Waals surface area (Å²) in [7, 11) is 0. The molecule has 0 amide bonds. The predicted octanol–water partition coefficient (Wildman–Crippen LogP) is 2.46. The first-order valence-electron chi connectivity index (χ1n) is 3.01. The maximum Gasteiger partial charge on any atom is 0.239 e. The molecule has 0 aromatic carbocycles. The molecule has 0 rings (SSSR count). The van der Waals surface area contributed by atoms with Crippen LogP contribution in [0.4, 0.5) is 8.78 Å². The summed E-state index contributed by atoms with van der Waals surface area (Å²) in [5.41, 5.74) is 0.412. The molecule has 0 saturated heterocycles. The van der Waals surface area contributed by atoms with Crippen molar-refractivity contribution in [1.82, 2.24) is 0 Å². The number of halogens is 2. The zero-order chi connectivity index (χ0) is 7.28. The number of rotatable bonds is 4. The van der Waals surface area contributed by atoms with Crippen LogP contribution in [0.2, 0.25) is 0 Å². The summed E-state index contributed by atoms with van der Waals surface area (Å²) in [6.07, 6.45) is -1.58. The van der Waals surface area contributed by atoms with E-state index in [0.717, 1.165) is 0 Å². The van der Waals surface area contributed by atoms with Crippen molar-refractivity contribution in [3.8, 4) is 0 Å². The van der Waals surface area contributed by atoms with E-state index >= 15 is 0 Å². The molecular weight excluding hydrogens is 124 g/mol. The smallest absolute Gasteiger partial charge is 0.239 e. The van der Waals surface area contributed by atoms with Gasteiger partial charge in [0.15, 0.2) is 0 Å². The average Bonchev–Trinajstić information content (AvgIpc) is 1.83. The second kappa shape index (κ2) is 4.41. The molecule has 0 radical (unpaired) electrons. The molecule has 0 spiro atoms. The Morgan fingerprint density at radius 3 is 2.44 bits per heavy atom. The van der Waals surface area contributed by atoms with Crippen molar-refractivity contribution < 1.29 is 8.78 Å². The summed E-state index contributed by atoms with van der Waals surface area (Å²) in [6, 6.07) is 0.